The normalized spacial score (nSPS) is 15.1. The van der Waals surface area contributed by atoms with Gasteiger partial charge in [-0.15, -0.1) is 0 Å². The molecule has 5 aliphatic carbocycles. The Kier molecular flexibility index (Phi) is 25.4. The largest absolute Gasteiger partial charge is 0.361 e. The molecular weight excluding hydrogens is 1410 g/mol. The van der Waals surface area contributed by atoms with Gasteiger partial charge in [-0.05, 0) is 239 Å². The van der Waals surface area contributed by atoms with Crippen molar-refractivity contribution in [2.45, 2.75) is 256 Å². The predicted octanol–water partition coefficient (Wildman–Crippen LogP) is 23.0. The van der Waals surface area contributed by atoms with Crippen LogP contribution in [0, 0.1) is 63.5 Å². The summed E-state index contributed by atoms with van der Waals surface area (Å²) < 4.78 is 11.0. The first kappa shape index (κ1) is 81.4. The van der Waals surface area contributed by atoms with Gasteiger partial charge in [-0.1, -0.05) is 148 Å². The molecule has 592 valence electrons. The quantitative estimate of drug-likeness (QED) is 0.0397. The van der Waals surface area contributed by atoms with Crippen LogP contribution in [-0.2, 0) is 11.2 Å². The van der Waals surface area contributed by atoms with Crippen molar-refractivity contribution in [3.8, 4) is 0 Å². The zero-order valence-corrected chi connectivity index (χ0v) is 69.1. The average Bonchev–Trinajstić information content (AvgIpc) is 1.66. The Balaban J connectivity index is 0.000000131. The van der Waals surface area contributed by atoms with Gasteiger partial charge in [0.25, 0.3) is 22.9 Å². The number of carbonyl (C=O) groups excluding carboxylic acids is 1. The van der Waals surface area contributed by atoms with Crippen molar-refractivity contribution in [3.63, 3.8) is 0 Å². The van der Waals surface area contributed by atoms with Crippen LogP contribution in [0.5, 0.6) is 0 Å². The standard InChI is InChI=1S/C20H22N4O.C18H23N5.C18H26N4.C17H21N5.C17H24N4/c1-13-6-9-15(10-7-13)12-18(25)23-20-22-17-11-8-14(2)21-19(17)24(20)16-4-3-5-16;1-12(11-18(2,3)4)20-17-21-14-9-10-15(19-5)22-16(14)23(17)13-7-6-8-13;1-12-9-10-15-16(19-12)22(14-7-6-8-14)17(21-15)20-13(2)11-18(3,4)5;1-11(2)10-12(3)19-17-20-14-8-9-15(18-4)21-16(14)22(17)13-6-5-7-13;1-11(2)10-13(4)19-17-20-15-9-8-12(3)18-16(15)21(17)14-6-5-7-14/h6-11,16H,3-5,12H2,1-2H3,(H,22,23,25);9-10,13H,1,6-8,11H2,2-4H3,(H,20,21);9-10,14H,2,6-8,11H2,1,3-5H3,(H,20,21);8-9,11,13H,3,5-7,10H2,1-2H3,(H,19,20);8-9,11,14H,4-7,10H2,1-3H3,(H,19,20). The minimum atomic E-state index is -0.0449. The fourth-order valence-electron chi connectivity index (χ4n) is 14.8. The third kappa shape index (κ3) is 20.4. The molecule has 1 amide bonds. The van der Waals surface area contributed by atoms with Crippen LogP contribution in [0.15, 0.2) is 134 Å². The Labute approximate surface area is 666 Å². The number of imidazole rings is 5. The molecule has 0 atom stereocenters. The van der Waals surface area contributed by atoms with Crippen LogP contribution >= 0.6 is 0 Å². The number of fused-ring (bicyclic) bond motifs is 5. The van der Waals surface area contributed by atoms with Gasteiger partial charge in [0.1, 0.15) is 27.6 Å². The fourth-order valence-corrected chi connectivity index (χ4v) is 14.8. The molecule has 5 saturated carbocycles. The topological polar surface area (TPSA) is 239 Å². The SMILES string of the molecule is C=C(CC(C)(C)C)Nc1nc2ccc(C)nc2n1C1CCC1.C=C(CC(C)C)Nc1nc2ccc(C)nc2n1C1CCC1.Cc1ccc(CC(=O)Nc2nc3ccc(C)nc3n2C2CCC2)cc1.[C-]#[N+]c1ccc2nc(NC(=C)CC(C)(C)C)n(C3CCC3)c2n1.[C-]#[N+]c1ccc2nc(NC(=C)CC(C)C)n(C3CCC3)c2n1. The van der Waals surface area contributed by atoms with Gasteiger partial charge in [-0.25, -0.2) is 39.9 Å². The lowest BCUT2D eigenvalue weighted by Gasteiger charge is -2.29. The predicted molar refractivity (Wildman–Crippen MR) is 460 cm³/mol. The third-order valence-electron chi connectivity index (χ3n) is 21.2. The Morgan fingerprint density at radius 1 is 0.389 bits per heavy atom. The molecule has 16 rings (SSSR count). The van der Waals surface area contributed by atoms with Gasteiger partial charge >= 0.3 is 0 Å². The van der Waals surface area contributed by atoms with E-state index in [1.54, 1.807) is 12.1 Å². The summed E-state index contributed by atoms with van der Waals surface area (Å²) in [5.41, 5.74) is 18.5. The second kappa shape index (κ2) is 35.3. The molecule has 113 heavy (non-hydrogen) atoms. The van der Waals surface area contributed by atoms with Gasteiger partial charge < -0.3 is 31.0 Å². The molecule has 10 heterocycles. The molecule has 0 saturated heterocycles. The van der Waals surface area contributed by atoms with E-state index in [0.717, 1.165) is 189 Å². The van der Waals surface area contributed by atoms with Gasteiger partial charge in [-0.3, -0.25) is 32.9 Å². The van der Waals surface area contributed by atoms with Crippen molar-refractivity contribution in [1.29, 1.82) is 0 Å². The molecule has 0 spiro atoms. The number of allylic oxidation sites excluding steroid dienone is 4. The molecule has 23 nitrogen and oxygen atoms in total. The van der Waals surface area contributed by atoms with E-state index in [9.17, 15) is 4.79 Å². The van der Waals surface area contributed by atoms with Gasteiger partial charge in [0.2, 0.25) is 35.6 Å². The molecule has 5 N–H and O–H groups in total. The first-order valence-corrected chi connectivity index (χ1v) is 40.7. The van der Waals surface area contributed by atoms with Crippen LogP contribution in [-0.4, -0.2) is 78.6 Å². The molecular formula is C90H116N22O. The van der Waals surface area contributed by atoms with Crippen molar-refractivity contribution >= 4 is 103 Å². The van der Waals surface area contributed by atoms with E-state index in [1.807, 2.05) is 88.4 Å². The van der Waals surface area contributed by atoms with Crippen LogP contribution in [0.1, 0.15) is 250 Å². The first-order valence-electron chi connectivity index (χ1n) is 40.7. The number of benzene rings is 1. The number of aromatic nitrogens is 15. The van der Waals surface area contributed by atoms with E-state index >= 15 is 0 Å². The van der Waals surface area contributed by atoms with Crippen LogP contribution in [0.4, 0.5) is 41.4 Å². The van der Waals surface area contributed by atoms with Crippen LogP contribution < -0.4 is 26.6 Å². The Morgan fingerprint density at radius 3 is 0.912 bits per heavy atom. The minimum absolute atomic E-state index is 0.0449. The summed E-state index contributed by atoms with van der Waals surface area (Å²) >= 11 is 0. The maximum Gasteiger partial charge on any atom is 0.271 e. The Morgan fingerprint density at radius 2 is 0.655 bits per heavy atom. The zero-order chi connectivity index (χ0) is 80.6. The van der Waals surface area contributed by atoms with Crippen molar-refractivity contribution in [3.05, 3.63) is 185 Å². The van der Waals surface area contributed by atoms with E-state index in [1.165, 1.54) is 63.4 Å². The summed E-state index contributed by atoms with van der Waals surface area (Å²) in [7, 11) is 0. The molecule has 0 unspecified atom stereocenters. The summed E-state index contributed by atoms with van der Waals surface area (Å²) in [4.78, 5) is 65.8. The molecule has 0 radical (unpaired) electrons. The lowest BCUT2D eigenvalue weighted by molar-refractivity contribution is -0.115. The highest BCUT2D eigenvalue weighted by atomic mass is 16.1. The van der Waals surface area contributed by atoms with E-state index in [0.29, 0.717) is 66.0 Å². The lowest BCUT2D eigenvalue weighted by atomic mass is 9.91. The van der Waals surface area contributed by atoms with Gasteiger partial charge in [-0.2, -0.15) is 0 Å². The lowest BCUT2D eigenvalue weighted by Crippen LogP contribution is -2.23. The smallest absolute Gasteiger partial charge is 0.271 e. The molecule has 5 aliphatic rings. The highest BCUT2D eigenvalue weighted by molar-refractivity contribution is 5.92. The highest BCUT2D eigenvalue weighted by Gasteiger charge is 2.33. The number of anilines is 5. The summed E-state index contributed by atoms with van der Waals surface area (Å²) in [6.07, 6.45) is 21.9. The second-order valence-corrected chi connectivity index (χ2v) is 34.9. The van der Waals surface area contributed by atoms with Gasteiger partial charge in [0.05, 0.1) is 6.42 Å². The number of hydrogen-bond donors (Lipinski definition) is 5. The highest BCUT2D eigenvalue weighted by Crippen LogP contribution is 2.43. The zero-order valence-electron chi connectivity index (χ0n) is 69.1. The number of pyridine rings is 5. The number of hydrogen-bond acceptors (Lipinski definition) is 15. The molecule has 1 aromatic carbocycles. The van der Waals surface area contributed by atoms with Crippen molar-refractivity contribution < 1.29 is 4.79 Å². The summed E-state index contributed by atoms with van der Waals surface area (Å²) in [5.74, 6) is 5.95. The molecule has 0 aliphatic heterocycles. The second-order valence-electron chi connectivity index (χ2n) is 34.9. The maximum atomic E-state index is 12.5. The maximum absolute atomic E-state index is 12.5. The third-order valence-corrected chi connectivity index (χ3v) is 21.2. The Bertz CT molecular complexity index is 5360. The van der Waals surface area contributed by atoms with Crippen LogP contribution in [0.3, 0.4) is 0 Å². The number of nitrogens with one attached hydrogen (secondary N) is 5. The van der Waals surface area contributed by atoms with Crippen LogP contribution in [0.25, 0.3) is 65.5 Å². The molecule has 0 bridgehead atoms. The molecule has 10 aromatic heterocycles. The first-order chi connectivity index (χ1) is 53.9. The van der Waals surface area contributed by atoms with E-state index < -0.39 is 0 Å². The summed E-state index contributed by atoms with van der Waals surface area (Å²) in [6.45, 7) is 61.0. The van der Waals surface area contributed by atoms with Crippen molar-refractivity contribution in [2.75, 3.05) is 26.6 Å². The average molecular weight is 1520 g/mol. The number of aryl methyl sites for hydroxylation is 4. The fraction of sp³-hybridized carbons (Fsp3) is 0.478. The monoisotopic (exact) mass is 1520 g/mol. The van der Waals surface area contributed by atoms with E-state index in [4.69, 9.17) is 33.1 Å². The molecule has 11 aromatic rings. The minimum Gasteiger partial charge on any atom is -0.361 e. The summed E-state index contributed by atoms with van der Waals surface area (Å²) in [6, 6.07) is 29.6. The number of amides is 1. The summed E-state index contributed by atoms with van der Waals surface area (Å²) in [5, 5.41) is 16.6. The molecule has 5 fully saturated rings. The number of rotatable bonds is 22. The van der Waals surface area contributed by atoms with Crippen molar-refractivity contribution in [1.82, 2.24) is 72.7 Å². The number of carbonyl (C=O) groups is 1. The van der Waals surface area contributed by atoms with E-state index in [-0.39, 0.29) is 16.7 Å². The molecule has 23 heteroatoms. The van der Waals surface area contributed by atoms with Gasteiger partial charge in [0, 0.05) is 70.1 Å². The Hall–Kier alpha value is -11.1. The van der Waals surface area contributed by atoms with E-state index in [2.05, 4.69) is 197 Å². The van der Waals surface area contributed by atoms with Gasteiger partial charge in [0.15, 0.2) is 16.9 Å². The van der Waals surface area contributed by atoms with Crippen LogP contribution in [0.2, 0.25) is 0 Å². The number of nitrogens with zero attached hydrogens (tertiary/aromatic N) is 17. The van der Waals surface area contributed by atoms with Crippen molar-refractivity contribution in [2.24, 2.45) is 22.7 Å².